The van der Waals surface area contributed by atoms with Gasteiger partial charge in [-0.05, 0) is 12.1 Å². The number of nitrogens with zero attached hydrogens (tertiary/aromatic N) is 1. The molecule has 2 rings (SSSR count). The van der Waals surface area contributed by atoms with E-state index in [9.17, 15) is 14.9 Å². The lowest BCUT2D eigenvalue weighted by atomic mass is 10.1. The summed E-state index contributed by atoms with van der Waals surface area (Å²) in [6, 6.07) is 9.31. The van der Waals surface area contributed by atoms with Crippen molar-refractivity contribution in [2.24, 2.45) is 5.73 Å². The Morgan fingerprint density at radius 3 is 2.70 bits per heavy atom. The zero-order valence-corrected chi connectivity index (χ0v) is 13.0. The number of carbonyl (C=O) groups is 1. The van der Waals surface area contributed by atoms with Crippen molar-refractivity contribution in [3.8, 4) is 5.75 Å². The molecule has 7 nitrogen and oxygen atoms in total. The van der Waals surface area contributed by atoms with Gasteiger partial charge < -0.3 is 15.8 Å². The lowest BCUT2D eigenvalue weighted by molar-refractivity contribution is -0.385. The molecule has 0 unspecified atom stereocenters. The van der Waals surface area contributed by atoms with Gasteiger partial charge in [0.15, 0.2) is 5.75 Å². The van der Waals surface area contributed by atoms with E-state index in [1.807, 2.05) is 0 Å². The van der Waals surface area contributed by atoms with E-state index in [2.05, 4.69) is 5.32 Å². The summed E-state index contributed by atoms with van der Waals surface area (Å²) in [7, 11) is 1.39. The molecule has 0 fully saturated rings. The van der Waals surface area contributed by atoms with Crippen molar-refractivity contribution in [1.29, 1.82) is 0 Å². The fourth-order valence-electron chi connectivity index (χ4n) is 2.16. The van der Waals surface area contributed by atoms with Gasteiger partial charge in [-0.3, -0.25) is 14.9 Å². The molecule has 0 saturated carbocycles. The van der Waals surface area contributed by atoms with Crippen LogP contribution in [0.3, 0.4) is 0 Å². The molecular formula is C15H14ClN3O4. The number of nitrogens with two attached hydrogens (primary N) is 1. The highest BCUT2D eigenvalue weighted by Crippen LogP contribution is 2.33. The third kappa shape index (κ3) is 3.70. The van der Waals surface area contributed by atoms with Crippen molar-refractivity contribution in [3.05, 3.63) is 62.7 Å². The molecule has 0 aliphatic carbocycles. The molecule has 0 saturated heterocycles. The Bertz CT molecular complexity index is 764. The molecule has 0 heterocycles. The molecule has 3 N–H and O–H groups in total. The first-order valence-corrected chi connectivity index (χ1v) is 6.95. The predicted molar refractivity (Wildman–Crippen MR) is 86.9 cm³/mol. The van der Waals surface area contributed by atoms with Gasteiger partial charge in [-0.25, -0.2) is 0 Å². The van der Waals surface area contributed by atoms with Gasteiger partial charge in [-0.2, -0.15) is 0 Å². The molecule has 1 amide bonds. The minimum absolute atomic E-state index is 0.00359. The normalized spacial score (nSPS) is 10.2. The Balaban J connectivity index is 2.35. The van der Waals surface area contributed by atoms with Gasteiger partial charge in [-0.1, -0.05) is 29.8 Å². The summed E-state index contributed by atoms with van der Waals surface area (Å²) >= 11 is 5.97. The summed E-state index contributed by atoms with van der Waals surface area (Å²) in [5, 5.41) is 14.3. The maximum absolute atomic E-state index is 11.5. The minimum atomic E-state index is -0.682. The Labute approximate surface area is 137 Å². The average molecular weight is 336 g/mol. The van der Waals surface area contributed by atoms with Crippen LogP contribution in [0.1, 0.15) is 15.9 Å². The number of anilines is 1. The fourth-order valence-corrected chi connectivity index (χ4v) is 2.37. The highest BCUT2D eigenvalue weighted by molar-refractivity contribution is 6.31. The number of benzene rings is 2. The standard InChI is InChI=1S/C15H14ClN3O4/c1-23-14-11(15(17)20)6-10(16)7-12(14)18-8-9-4-2-3-5-13(9)19(21)22/h2-7,18H,8H2,1H3,(H2,17,20). The average Bonchev–Trinajstić information content (AvgIpc) is 2.52. The van der Waals surface area contributed by atoms with Crippen molar-refractivity contribution in [2.45, 2.75) is 6.54 Å². The first-order valence-electron chi connectivity index (χ1n) is 6.57. The molecule has 8 heteroatoms. The molecule has 23 heavy (non-hydrogen) atoms. The molecule has 2 aromatic rings. The summed E-state index contributed by atoms with van der Waals surface area (Å²) in [6.07, 6.45) is 0. The van der Waals surface area contributed by atoms with Gasteiger partial charge in [0, 0.05) is 23.2 Å². The number of nitrogens with one attached hydrogen (secondary N) is 1. The Morgan fingerprint density at radius 1 is 1.39 bits per heavy atom. The summed E-state index contributed by atoms with van der Waals surface area (Å²) in [6.45, 7) is 0.159. The van der Waals surface area contributed by atoms with Crippen LogP contribution >= 0.6 is 11.6 Å². The lowest BCUT2D eigenvalue weighted by Crippen LogP contribution is -2.14. The first kappa shape index (κ1) is 16.6. The number of rotatable bonds is 6. The summed E-state index contributed by atoms with van der Waals surface area (Å²) in [5.41, 5.74) is 6.34. The van der Waals surface area contributed by atoms with Crippen molar-refractivity contribution in [1.82, 2.24) is 0 Å². The SMILES string of the molecule is COc1c(NCc2ccccc2[N+](=O)[O-])cc(Cl)cc1C(N)=O. The van der Waals surface area contributed by atoms with Crippen LogP contribution < -0.4 is 15.8 Å². The number of hydrogen-bond acceptors (Lipinski definition) is 5. The molecular weight excluding hydrogens is 322 g/mol. The third-order valence-electron chi connectivity index (χ3n) is 3.18. The maximum atomic E-state index is 11.5. The third-order valence-corrected chi connectivity index (χ3v) is 3.40. The van der Waals surface area contributed by atoms with Crippen LogP contribution in [0.15, 0.2) is 36.4 Å². The van der Waals surface area contributed by atoms with Crippen LogP contribution in [0.4, 0.5) is 11.4 Å². The highest BCUT2D eigenvalue weighted by atomic mass is 35.5. The second-order valence-corrected chi connectivity index (χ2v) is 5.07. The number of hydrogen-bond donors (Lipinski definition) is 2. The van der Waals surface area contributed by atoms with Gasteiger partial charge in [0.05, 0.1) is 23.3 Å². The lowest BCUT2D eigenvalue weighted by Gasteiger charge is -2.14. The zero-order valence-electron chi connectivity index (χ0n) is 12.2. The molecule has 120 valence electrons. The maximum Gasteiger partial charge on any atom is 0.274 e. The molecule has 0 aliphatic heterocycles. The molecule has 0 radical (unpaired) electrons. The second-order valence-electron chi connectivity index (χ2n) is 4.64. The van der Waals surface area contributed by atoms with Crippen LogP contribution in [0.25, 0.3) is 0 Å². The number of para-hydroxylation sites is 1. The molecule has 0 aromatic heterocycles. The Hall–Kier alpha value is -2.80. The Morgan fingerprint density at radius 2 is 2.09 bits per heavy atom. The van der Waals surface area contributed by atoms with Gasteiger partial charge in [0.2, 0.25) is 0 Å². The first-order chi connectivity index (χ1) is 10.9. The van der Waals surface area contributed by atoms with Gasteiger partial charge in [-0.15, -0.1) is 0 Å². The van der Waals surface area contributed by atoms with Crippen LogP contribution in [0.2, 0.25) is 5.02 Å². The van der Waals surface area contributed by atoms with Crippen LogP contribution in [-0.2, 0) is 6.54 Å². The quantitative estimate of drug-likeness (QED) is 0.623. The topological polar surface area (TPSA) is 107 Å². The predicted octanol–water partition coefficient (Wildman–Crippen LogP) is 2.97. The molecule has 0 bridgehead atoms. The van der Waals surface area contributed by atoms with Crippen molar-refractivity contribution in [3.63, 3.8) is 0 Å². The van der Waals surface area contributed by atoms with Crippen molar-refractivity contribution < 1.29 is 14.5 Å². The number of methoxy groups -OCH3 is 1. The molecule has 0 atom stereocenters. The number of carbonyl (C=O) groups excluding carboxylic acids is 1. The number of nitro benzene ring substituents is 1. The van der Waals surface area contributed by atoms with Crippen molar-refractivity contribution in [2.75, 3.05) is 12.4 Å². The van der Waals surface area contributed by atoms with E-state index in [4.69, 9.17) is 22.1 Å². The smallest absolute Gasteiger partial charge is 0.274 e. The van der Waals surface area contributed by atoms with E-state index >= 15 is 0 Å². The van der Waals surface area contributed by atoms with E-state index in [0.717, 1.165) is 0 Å². The Kier molecular flexibility index (Phi) is 5.02. The summed E-state index contributed by atoms with van der Waals surface area (Å²) in [5.74, 6) is -0.446. The number of halogens is 1. The van der Waals surface area contributed by atoms with Crippen LogP contribution in [0.5, 0.6) is 5.75 Å². The molecule has 2 aromatic carbocycles. The van der Waals surface area contributed by atoms with Crippen LogP contribution in [0, 0.1) is 10.1 Å². The highest BCUT2D eigenvalue weighted by Gasteiger charge is 2.17. The summed E-state index contributed by atoms with van der Waals surface area (Å²) in [4.78, 5) is 22.0. The van der Waals surface area contributed by atoms with E-state index in [0.29, 0.717) is 16.3 Å². The van der Waals surface area contributed by atoms with E-state index < -0.39 is 10.8 Å². The number of amides is 1. The largest absolute Gasteiger partial charge is 0.494 e. The molecule has 0 aliphatic rings. The van der Waals surface area contributed by atoms with Gasteiger partial charge in [0.1, 0.15) is 0 Å². The zero-order chi connectivity index (χ0) is 17.0. The van der Waals surface area contributed by atoms with E-state index in [-0.39, 0.29) is 23.5 Å². The number of primary amides is 1. The minimum Gasteiger partial charge on any atom is -0.494 e. The molecule has 0 spiro atoms. The number of nitro groups is 1. The van der Waals surface area contributed by atoms with Crippen LogP contribution in [-0.4, -0.2) is 17.9 Å². The summed E-state index contributed by atoms with van der Waals surface area (Å²) < 4.78 is 5.20. The van der Waals surface area contributed by atoms with Gasteiger partial charge in [0.25, 0.3) is 11.6 Å². The second kappa shape index (κ2) is 6.97. The van der Waals surface area contributed by atoms with E-state index in [1.165, 1.54) is 19.2 Å². The fraction of sp³-hybridized carbons (Fsp3) is 0.133. The van der Waals surface area contributed by atoms with Gasteiger partial charge >= 0.3 is 0 Å². The number of ether oxygens (including phenoxy) is 1. The van der Waals surface area contributed by atoms with E-state index in [1.54, 1.807) is 24.3 Å². The van der Waals surface area contributed by atoms with Crippen molar-refractivity contribution >= 4 is 28.9 Å². The monoisotopic (exact) mass is 335 g/mol.